The van der Waals surface area contributed by atoms with Crippen LogP contribution in [0.1, 0.15) is 19.3 Å². The number of hydrogen-bond acceptors (Lipinski definition) is 6. The Bertz CT molecular complexity index is 522. The van der Waals surface area contributed by atoms with E-state index in [0.717, 1.165) is 25.8 Å². The number of nitrogens with one attached hydrogen (secondary N) is 1. The largest absolute Gasteiger partial charge is 0.396 e. The summed E-state index contributed by atoms with van der Waals surface area (Å²) >= 11 is 5.82. The number of rotatable bonds is 6. The van der Waals surface area contributed by atoms with Gasteiger partial charge >= 0.3 is 0 Å². The highest BCUT2D eigenvalue weighted by Crippen LogP contribution is 2.17. The highest BCUT2D eigenvalue weighted by molar-refractivity contribution is 6.28. The lowest BCUT2D eigenvalue weighted by Crippen LogP contribution is -2.06. The molecule has 0 unspecified atom stereocenters. The summed E-state index contributed by atoms with van der Waals surface area (Å²) in [7, 11) is 0. The van der Waals surface area contributed by atoms with Crippen LogP contribution in [0.25, 0.3) is 11.2 Å². The maximum atomic E-state index is 8.68. The number of unbranched alkanes of at least 4 members (excludes halogenated alkanes) is 2. The summed E-state index contributed by atoms with van der Waals surface area (Å²) in [6, 6.07) is 0. The van der Waals surface area contributed by atoms with E-state index in [-0.39, 0.29) is 11.9 Å². The van der Waals surface area contributed by atoms with E-state index in [4.69, 9.17) is 16.7 Å². The second-order valence-electron chi connectivity index (χ2n) is 3.78. The third-order valence-electron chi connectivity index (χ3n) is 2.43. The number of aliphatic hydroxyl groups excluding tert-OH is 1. The van der Waals surface area contributed by atoms with Crippen LogP contribution in [-0.2, 0) is 0 Å². The molecule has 0 saturated heterocycles. The Hall–Kier alpha value is -1.53. The van der Waals surface area contributed by atoms with Crippen molar-refractivity contribution >= 4 is 28.6 Å². The van der Waals surface area contributed by atoms with Gasteiger partial charge in [-0.2, -0.15) is 9.97 Å². The number of aliphatic hydroxyl groups is 1. The Morgan fingerprint density at radius 2 is 1.94 bits per heavy atom. The lowest BCUT2D eigenvalue weighted by atomic mass is 10.2. The van der Waals surface area contributed by atoms with Gasteiger partial charge < -0.3 is 10.4 Å². The fraction of sp³-hybridized carbons (Fsp3) is 0.455. The molecule has 0 spiro atoms. The number of halogens is 1. The number of hydrogen-bond donors (Lipinski definition) is 2. The topological polar surface area (TPSA) is 83.8 Å². The first-order valence-corrected chi connectivity index (χ1v) is 6.18. The highest BCUT2D eigenvalue weighted by Gasteiger charge is 2.07. The standard InChI is InChI=1S/C11H14ClN5O/c12-11-16-9(14-4-2-1-3-7-18)8-10(17-11)15-6-5-13-8/h5-6,18H,1-4,7H2,(H,14,15,16,17). The van der Waals surface area contributed by atoms with Crippen LogP contribution < -0.4 is 5.32 Å². The van der Waals surface area contributed by atoms with E-state index in [1.54, 1.807) is 12.4 Å². The lowest BCUT2D eigenvalue weighted by molar-refractivity contribution is 0.283. The van der Waals surface area contributed by atoms with Gasteiger partial charge in [-0.1, -0.05) is 0 Å². The van der Waals surface area contributed by atoms with E-state index < -0.39 is 0 Å². The molecule has 0 aliphatic heterocycles. The zero-order valence-corrected chi connectivity index (χ0v) is 10.6. The van der Waals surface area contributed by atoms with Crippen molar-refractivity contribution < 1.29 is 5.11 Å². The Kier molecular flexibility index (Phi) is 4.60. The summed E-state index contributed by atoms with van der Waals surface area (Å²) in [5.41, 5.74) is 1.10. The Balaban J connectivity index is 2.07. The number of anilines is 1. The lowest BCUT2D eigenvalue weighted by Gasteiger charge is -2.07. The molecule has 2 aromatic rings. The fourth-order valence-electron chi connectivity index (χ4n) is 1.58. The molecule has 0 aromatic carbocycles. The molecule has 2 N–H and O–H groups in total. The van der Waals surface area contributed by atoms with Crippen molar-refractivity contribution in [2.24, 2.45) is 0 Å². The molecule has 0 fully saturated rings. The Morgan fingerprint density at radius 3 is 2.78 bits per heavy atom. The molecule has 0 aliphatic rings. The monoisotopic (exact) mass is 267 g/mol. The first kappa shape index (κ1) is 12.9. The fourth-order valence-corrected chi connectivity index (χ4v) is 1.75. The van der Waals surface area contributed by atoms with E-state index in [9.17, 15) is 0 Å². The number of nitrogens with zero attached hydrogens (tertiary/aromatic N) is 4. The van der Waals surface area contributed by atoms with Crippen molar-refractivity contribution in [3.8, 4) is 0 Å². The molecule has 2 heterocycles. The van der Waals surface area contributed by atoms with Crippen molar-refractivity contribution in [1.29, 1.82) is 0 Å². The van der Waals surface area contributed by atoms with E-state index in [2.05, 4.69) is 25.3 Å². The third-order valence-corrected chi connectivity index (χ3v) is 2.60. The molecule has 0 bridgehead atoms. The van der Waals surface area contributed by atoms with Crippen LogP contribution in [0.3, 0.4) is 0 Å². The molecule has 0 saturated carbocycles. The van der Waals surface area contributed by atoms with E-state index in [1.807, 2.05) is 0 Å². The summed E-state index contributed by atoms with van der Waals surface area (Å²) in [4.78, 5) is 16.4. The van der Waals surface area contributed by atoms with Crippen LogP contribution in [0.4, 0.5) is 5.82 Å². The van der Waals surface area contributed by atoms with Gasteiger partial charge in [-0.05, 0) is 30.9 Å². The van der Waals surface area contributed by atoms with Gasteiger partial charge in [-0.25, -0.2) is 9.97 Å². The van der Waals surface area contributed by atoms with Gasteiger partial charge in [-0.15, -0.1) is 0 Å². The van der Waals surface area contributed by atoms with Crippen molar-refractivity contribution in [1.82, 2.24) is 19.9 Å². The van der Waals surface area contributed by atoms with Gasteiger partial charge in [0, 0.05) is 25.5 Å². The quantitative estimate of drug-likeness (QED) is 0.612. The van der Waals surface area contributed by atoms with Crippen LogP contribution >= 0.6 is 11.6 Å². The summed E-state index contributed by atoms with van der Waals surface area (Å²) in [6.07, 6.45) is 5.88. The van der Waals surface area contributed by atoms with Crippen LogP contribution in [0, 0.1) is 0 Å². The van der Waals surface area contributed by atoms with Gasteiger partial charge in [0.2, 0.25) is 5.28 Å². The minimum Gasteiger partial charge on any atom is -0.396 e. The number of fused-ring (bicyclic) bond motifs is 1. The van der Waals surface area contributed by atoms with Gasteiger partial charge in [0.15, 0.2) is 17.0 Å². The van der Waals surface area contributed by atoms with Crippen molar-refractivity contribution in [3.05, 3.63) is 17.7 Å². The SMILES string of the molecule is OCCCCCNc1nc(Cl)nc2nccnc12. The molecule has 7 heteroatoms. The van der Waals surface area contributed by atoms with Crippen LogP contribution in [0.5, 0.6) is 0 Å². The average Bonchev–Trinajstić information content (AvgIpc) is 2.38. The number of aromatic nitrogens is 4. The molecule has 2 rings (SSSR count). The summed E-state index contributed by atoms with van der Waals surface area (Å²) in [5.74, 6) is 0.599. The van der Waals surface area contributed by atoms with Gasteiger partial charge in [-0.3, -0.25) is 0 Å². The Labute approximate surface area is 109 Å². The minimum absolute atomic E-state index is 0.154. The van der Waals surface area contributed by atoms with Crippen molar-refractivity contribution in [3.63, 3.8) is 0 Å². The predicted molar refractivity (Wildman–Crippen MR) is 69.6 cm³/mol. The van der Waals surface area contributed by atoms with Crippen LogP contribution in [0.2, 0.25) is 5.28 Å². The molecule has 96 valence electrons. The average molecular weight is 268 g/mol. The van der Waals surface area contributed by atoms with Crippen molar-refractivity contribution in [2.45, 2.75) is 19.3 Å². The molecule has 0 aliphatic carbocycles. The molecule has 6 nitrogen and oxygen atoms in total. The minimum atomic E-state index is 0.154. The second kappa shape index (κ2) is 6.42. The van der Waals surface area contributed by atoms with Crippen LogP contribution in [-0.4, -0.2) is 38.2 Å². The summed E-state index contributed by atoms with van der Waals surface area (Å²) in [5, 5.41) is 12.0. The first-order chi connectivity index (χ1) is 8.81. The molecule has 0 radical (unpaired) electrons. The summed E-state index contributed by atoms with van der Waals surface area (Å²) < 4.78 is 0. The van der Waals surface area contributed by atoms with Crippen LogP contribution in [0.15, 0.2) is 12.4 Å². The maximum absolute atomic E-state index is 8.68. The van der Waals surface area contributed by atoms with E-state index >= 15 is 0 Å². The molecule has 18 heavy (non-hydrogen) atoms. The Morgan fingerprint density at radius 1 is 1.11 bits per heavy atom. The first-order valence-electron chi connectivity index (χ1n) is 5.80. The van der Waals surface area contributed by atoms with Gasteiger partial charge in [0.05, 0.1) is 0 Å². The maximum Gasteiger partial charge on any atom is 0.226 e. The van der Waals surface area contributed by atoms with E-state index in [1.165, 1.54) is 0 Å². The molecule has 2 aromatic heterocycles. The van der Waals surface area contributed by atoms with E-state index in [0.29, 0.717) is 17.0 Å². The highest BCUT2D eigenvalue weighted by atomic mass is 35.5. The van der Waals surface area contributed by atoms with Gasteiger partial charge in [0.1, 0.15) is 0 Å². The second-order valence-corrected chi connectivity index (χ2v) is 4.12. The zero-order valence-electron chi connectivity index (χ0n) is 9.80. The van der Waals surface area contributed by atoms with Crippen molar-refractivity contribution in [2.75, 3.05) is 18.5 Å². The molecule has 0 amide bonds. The molecular weight excluding hydrogens is 254 g/mol. The third kappa shape index (κ3) is 3.24. The molecular formula is C11H14ClN5O. The van der Waals surface area contributed by atoms with Gasteiger partial charge in [0.25, 0.3) is 0 Å². The zero-order chi connectivity index (χ0) is 12.8. The molecule has 0 atom stereocenters. The smallest absolute Gasteiger partial charge is 0.226 e. The normalized spacial score (nSPS) is 10.8. The predicted octanol–water partition coefficient (Wildman–Crippen LogP) is 1.65. The summed E-state index contributed by atoms with van der Waals surface area (Å²) in [6.45, 7) is 0.979.